The zero-order valence-corrected chi connectivity index (χ0v) is 11.6. The molecule has 20 heavy (non-hydrogen) atoms. The predicted octanol–water partition coefficient (Wildman–Crippen LogP) is 1.73. The second kappa shape index (κ2) is 5.63. The van der Waals surface area contributed by atoms with Gasteiger partial charge in [-0.15, -0.1) is 0 Å². The summed E-state index contributed by atoms with van der Waals surface area (Å²) in [5, 5.41) is 12.0. The highest BCUT2D eigenvalue weighted by Crippen LogP contribution is 2.48. The molecule has 4 N–H and O–H groups in total. The molecular formula is C15H20N2O3. The first kappa shape index (κ1) is 14.5. The number of rotatable bonds is 6. The van der Waals surface area contributed by atoms with Crippen molar-refractivity contribution in [2.45, 2.75) is 31.6 Å². The largest absolute Gasteiger partial charge is 0.481 e. The highest BCUT2D eigenvalue weighted by Gasteiger charge is 2.51. The molecule has 0 aliphatic heterocycles. The van der Waals surface area contributed by atoms with Crippen molar-refractivity contribution in [3.8, 4) is 0 Å². The molecule has 1 amide bonds. The number of carboxylic acids is 1. The Morgan fingerprint density at radius 3 is 2.40 bits per heavy atom. The lowest BCUT2D eigenvalue weighted by atomic mass is 9.96. The van der Waals surface area contributed by atoms with E-state index in [1.165, 1.54) is 0 Å². The van der Waals surface area contributed by atoms with Gasteiger partial charge < -0.3 is 16.2 Å². The van der Waals surface area contributed by atoms with Crippen LogP contribution in [0.5, 0.6) is 0 Å². The Morgan fingerprint density at radius 2 is 1.95 bits per heavy atom. The van der Waals surface area contributed by atoms with E-state index in [-0.39, 0.29) is 11.8 Å². The number of carbonyl (C=O) groups excluding carboxylic acids is 1. The Labute approximate surface area is 118 Å². The fraction of sp³-hybridized carbons (Fsp3) is 0.467. The maximum absolute atomic E-state index is 11.8. The number of benzene rings is 1. The Hall–Kier alpha value is -1.88. The van der Waals surface area contributed by atoms with Crippen molar-refractivity contribution in [2.24, 2.45) is 11.7 Å². The van der Waals surface area contributed by atoms with Gasteiger partial charge in [0.2, 0.25) is 5.91 Å². The average molecular weight is 276 g/mol. The molecule has 2 rings (SSSR count). The van der Waals surface area contributed by atoms with E-state index >= 15 is 0 Å². The van der Waals surface area contributed by atoms with Gasteiger partial charge in [-0.3, -0.25) is 9.59 Å². The number of anilines is 1. The summed E-state index contributed by atoms with van der Waals surface area (Å²) in [7, 11) is 0. The minimum atomic E-state index is -0.772. The lowest BCUT2D eigenvalue weighted by Crippen LogP contribution is -2.23. The van der Waals surface area contributed by atoms with Crippen molar-refractivity contribution in [2.75, 3.05) is 11.9 Å². The molecule has 0 radical (unpaired) electrons. The first-order chi connectivity index (χ1) is 9.49. The van der Waals surface area contributed by atoms with Crippen LogP contribution in [0, 0.1) is 5.92 Å². The minimum Gasteiger partial charge on any atom is -0.481 e. The monoisotopic (exact) mass is 276 g/mol. The molecule has 0 heterocycles. The number of hydrogen-bond acceptors (Lipinski definition) is 3. The summed E-state index contributed by atoms with van der Waals surface area (Å²) in [4.78, 5) is 23.1. The van der Waals surface area contributed by atoms with Crippen molar-refractivity contribution in [1.82, 2.24) is 0 Å². The second-order valence-electron chi connectivity index (χ2n) is 5.43. The summed E-state index contributed by atoms with van der Waals surface area (Å²) in [6.45, 7) is 2.31. The van der Waals surface area contributed by atoms with E-state index in [0.717, 1.165) is 5.56 Å². The third-order valence-electron chi connectivity index (χ3n) is 3.91. The number of nitrogens with one attached hydrogen (secondary N) is 1. The third kappa shape index (κ3) is 2.82. The molecule has 0 saturated heterocycles. The van der Waals surface area contributed by atoms with Crippen molar-refractivity contribution in [1.29, 1.82) is 0 Å². The molecule has 1 aliphatic carbocycles. The summed E-state index contributed by atoms with van der Waals surface area (Å²) in [6, 6.07) is 7.07. The van der Waals surface area contributed by atoms with Crippen LogP contribution in [0.4, 0.5) is 5.69 Å². The summed E-state index contributed by atoms with van der Waals surface area (Å²) in [5.74, 6) is -0.970. The van der Waals surface area contributed by atoms with Gasteiger partial charge in [0.25, 0.3) is 0 Å². The van der Waals surface area contributed by atoms with E-state index in [1.54, 1.807) is 24.3 Å². The van der Waals surface area contributed by atoms with Crippen molar-refractivity contribution < 1.29 is 14.7 Å². The second-order valence-corrected chi connectivity index (χ2v) is 5.43. The van der Waals surface area contributed by atoms with Gasteiger partial charge in [0, 0.05) is 11.6 Å². The Balaban J connectivity index is 2.02. The molecular weight excluding hydrogens is 256 g/mol. The minimum absolute atomic E-state index is 0.0671. The maximum Gasteiger partial charge on any atom is 0.314 e. The first-order valence-corrected chi connectivity index (χ1v) is 6.84. The summed E-state index contributed by atoms with van der Waals surface area (Å²) >= 11 is 0. The topological polar surface area (TPSA) is 92.4 Å². The van der Waals surface area contributed by atoms with Gasteiger partial charge in [0.1, 0.15) is 0 Å². The first-order valence-electron chi connectivity index (χ1n) is 6.84. The van der Waals surface area contributed by atoms with Crippen LogP contribution < -0.4 is 11.1 Å². The fourth-order valence-corrected chi connectivity index (χ4v) is 2.27. The summed E-state index contributed by atoms with van der Waals surface area (Å²) < 4.78 is 0. The SMILES string of the molecule is CC(CCN)C(=O)Nc1ccc(C2(C(=O)O)CC2)cc1. The molecule has 108 valence electrons. The average Bonchev–Trinajstić information content (AvgIpc) is 3.21. The molecule has 1 saturated carbocycles. The van der Waals surface area contributed by atoms with Gasteiger partial charge in [-0.25, -0.2) is 0 Å². The molecule has 1 aromatic rings. The van der Waals surface area contributed by atoms with Crippen LogP contribution in [0.25, 0.3) is 0 Å². The summed E-state index contributed by atoms with van der Waals surface area (Å²) in [5.41, 5.74) is 6.22. The number of aliphatic carboxylic acids is 1. The fourth-order valence-electron chi connectivity index (χ4n) is 2.27. The normalized spacial score (nSPS) is 17.3. The highest BCUT2D eigenvalue weighted by molar-refractivity contribution is 5.92. The van der Waals surface area contributed by atoms with Crippen LogP contribution in [-0.4, -0.2) is 23.5 Å². The van der Waals surface area contributed by atoms with E-state index in [9.17, 15) is 14.7 Å². The van der Waals surface area contributed by atoms with Gasteiger partial charge in [-0.2, -0.15) is 0 Å². The molecule has 1 atom stereocenters. The standard InChI is InChI=1S/C15H20N2O3/c1-10(6-9-16)13(18)17-12-4-2-11(3-5-12)15(7-8-15)14(19)20/h2-5,10H,6-9,16H2,1H3,(H,17,18)(H,19,20). The van der Waals surface area contributed by atoms with Gasteiger partial charge in [-0.05, 0) is 43.5 Å². The van der Waals surface area contributed by atoms with Crippen molar-refractivity contribution in [3.63, 3.8) is 0 Å². The predicted molar refractivity (Wildman–Crippen MR) is 76.5 cm³/mol. The number of hydrogen-bond donors (Lipinski definition) is 3. The van der Waals surface area contributed by atoms with Gasteiger partial charge >= 0.3 is 5.97 Å². The van der Waals surface area contributed by atoms with Gasteiger partial charge in [0.15, 0.2) is 0 Å². The van der Waals surface area contributed by atoms with E-state index in [2.05, 4.69) is 5.32 Å². The van der Waals surface area contributed by atoms with Crippen LogP contribution in [0.2, 0.25) is 0 Å². The number of carboxylic acid groups (broad SMARTS) is 1. The maximum atomic E-state index is 11.8. The molecule has 5 heteroatoms. The van der Waals surface area contributed by atoms with E-state index in [4.69, 9.17) is 5.73 Å². The van der Waals surface area contributed by atoms with E-state index in [1.807, 2.05) is 6.92 Å². The van der Waals surface area contributed by atoms with Crippen molar-refractivity contribution in [3.05, 3.63) is 29.8 Å². The molecule has 0 aromatic heterocycles. The molecule has 1 unspecified atom stereocenters. The zero-order chi connectivity index (χ0) is 14.8. The van der Waals surface area contributed by atoms with Gasteiger partial charge in [0.05, 0.1) is 5.41 Å². The molecule has 0 spiro atoms. The van der Waals surface area contributed by atoms with Gasteiger partial charge in [-0.1, -0.05) is 19.1 Å². The van der Waals surface area contributed by atoms with Crippen LogP contribution in [-0.2, 0) is 15.0 Å². The zero-order valence-electron chi connectivity index (χ0n) is 11.6. The van der Waals surface area contributed by atoms with Crippen LogP contribution >= 0.6 is 0 Å². The van der Waals surface area contributed by atoms with Crippen LogP contribution in [0.3, 0.4) is 0 Å². The lowest BCUT2D eigenvalue weighted by Gasteiger charge is -2.13. The molecule has 1 aliphatic rings. The number of nitrogens with two attached hydrogens (primary N) is 1. The molecule has 0 bridgehead atoms. The van der Waals surface area contributed by atoms with E-state index in [0.29, 0.717) is 31.5 Å². The Morgan fingerprint density at radius 1 is 1.35 bits per heavy atom. The van der Waals surface area contributed by atoms with Crippen molar-refractivity contribution >= 4 is 17.6 Å². The number of carbonyl (C=O) groups is 2. The Kier molecular flexibility index (Phi) is 4.09. The smallest absolute Gasteiger partial charge is 0.314 e. The summed E-state index contributed by atoms with van der Waals surface area (Å²) in [6.07, 6.45) is 2.01. The van der Waals surface area contributed by atoms with Crippen LogP contribution in [0.1, 0.15) is 31.7 Å². The molecule has 5 nitrogen and oxygen atoms in total. The molecule has 1 aromatic carbocycles. The highest BCUT2D eigenvalue weighted by atomic mass is 16.4. The number of amides is 1. The third-order valence-corrected chi connectivity index (χ3v) is 3.91. The van der Waals surface area contributed by atoms with E-state index < -0.39 is 11.4 Å². The molecule has 1 fully saturated rings. The van der Waals surface area contributed by atoms with Crippen LogP contribution in [0.15, 0.2) is 24.3 Å². The lowest BCUT2D eigenvalue weighted by molar-refractivity contribution is -0.140. The Bertz CT molecular complexity index is 506. The quantitative estimate of drug-likeness (QED) is 0.737.